The summed E-state index contributed by atoms with van der Waals surface area (Å²) < 4.78 is 0. The van der Waals surface area contributed by atoms with Gasteiger partial charge in [-0.05, 0) is 51.6 Å². The van der Waals surface area contributed by atoms with Gasteiger partial charge >= 0.3 is 0 Å². The Labute approximate surface area is 125 Å². The van der Waals surface area contributed by atoms with Crippen LogP contribution in [0.2, 0.25) is 0 Å². The van der Waals surface area contributed by atoms with Gasteiger partial charge in [0.25, 0.3) is 0 Å². The Balaban J connectivity index is 2.34. The van der Waals surface area contributed by atoms with Crippen LogP contribution in [0.25, 0.3) is 0 Å². The van der Waals surface area contributed by atoms with Crippen LogP contribution < -0.4 is 10.6 Å². The van der Waals surface area contributed by atoms with E-state index in [4.69, 9.17) is 4.99 Å². The maximum Gasteiger partial charge on any atom is 0.191 e. The van der Waals surface area contributed by atoms with Crippen molar-refractivity contribution in [1.29, 1.82) is 0 Å². The number of likely N-dealkylation sites (tertiary alicyclic amines) is 1. The number of hydrogen-bond acceptors (Lipinski definition) is 2. The number of piperidine rings is 1. The van der Waals surface area contributed by atoms with Crippen molar-refractivity contribution in [1.82, 2.24) is 15.5 Å². The second-order valence-corrected chi connectivity index (χ2v) is 6.46. The molecule has 1 aliphatic rings. The Bertz CT molecular complexity index is 280. The van der Waals surface area contributed by atoms with E-state index in [1.165, 1.54) is 25.9 Å². The summed E-state index contributed by atoms with van der Waals surface area (Å²) >= 11 is 0. The molecule has 118 valence electrons. The summed E-state index contributed by atoms with van der Waals surface area (Å²) in [5.41, 5.74) is 0. The summed E-state index contributed by atoms with van der Waals surface area (Å²) in [5, 5.41) is 6.82. The summed E-state index contributed by atoms with van der Waals surface area (Å²) in [6.45, 7) is 16.5. The van der Waals surface area contributed by atoms with Gasteiger partial charge in [-0.15, -0.1) is 0 Å². The molecule has 1 heterocycles. The van der Waals surface area contributed by atoms with Crippen LogP contribution in [0.15, 0.2) is 4.99 Å². The fraction of sp³-hybridized carbons (Fsp3) is 0.938. The quantitative estimate of drug-likeness (QED) is 0.580. The molecule has 0 aromatic heterocycles. The van der Waals surface area contributed by atoms with Gasteiger partial charge in [-0.25, -0.2) is 0 Å². The molecule has 4 nitrogen and oxygen atoms in total. The smallest absolute Gasteiger partial charge is 0.191 e. The van der Waals surface area contributed by atoms with E-state index in [9.17, 15) is 0 Å². The molecule has 0 aromatic rings. The Kier molecular flexibility index (Phi) is 7.97. The number of nitrogens with one attached hydrogen (secondary N) is 2. The van der Waals surface area contributed by atoms with Crippen LogP contribution in [-0.4, -0.2) is 49.6 Å². The van der Waals surface area contributed by atoms with Gasteiger partial charge in [0.1, 0.15) is 0 Å². The highest BCUT2D eigenvalue weighted by Crippen LogP contribution is 2.15. The summed E-state index contributed by atoms with van der Waals surface area (Å²) in [6, 6.07) is 0.448. The van der Waals surface area contributed by atoms with E-state index in [2.05, 4.69) is 50.2 Å². The molecule has 0 amide bonds. The van der Waals surface area contributed by atoms with Gasteiger partial charge in [0.2, 0.25) is 0 Å². The van der Waals surface area contributed by atoms with Crippen molar-refractivity contribution in [3.05, 3.63) is 0 Å². The zero-order chi connectivity index (χ0) is 15.0. The highest BCUT2D eigenvalue weighted by atomic mass is 15.2. The molecule has 0 aromatic carbocycles. The van der Waals surface area contributed by atoms with E-state index in [0.29, 0.717) is 12.0 Å². The van der Waals surface area contributed by atoms with Crippen molar-refractivity contribution < 1.29 is 0 Å². The first-order valence-corrected chi connectivity index (χ1v) is 8.30. The Morgan fingerprint density at radius 2 is 1.90 bits per heavy atom. The molecular formula is C16H34N4. The van der Waals surface area contributed by atoms with E-state index in [1.54, 1.807) is 0 Å². The maximum atomic E-state index is 4.70. The molecule has 2 N–H and O–H groups in total. The molecule has 1 unspecified atom stereocenters. The van der Waals surface area contributed by atoms with Crippen LogP contribution in [0.4, 0.5) is 0 Å². The maximum absolute atomic E-state index is 4.70. The fourth-order valence-corrected chi connectivity index (χ4v) is 2.29. The van der Waals surface area contributed by atoms with Gasteiger partial charge in [0, 0.05) is 19.1 Å². The van der Waals surface area contributed by atoms with Crippen LogP contribution in [0.1, 0.15) is 47.5 Å². The largest absolute Gasteiger partial charge is 0.357 e. The highest BCUT2D eigenvalue weighted by Gasteiger charge is 2.15. The molecular weight excluding hydrogens is 248 g/mol. The average Bonchev–Trinajstić information content (AvgIpc) is 2.41. The molecule has 1 aliphatic heterocycles. The van der Waals surface area contributed by atoms with E-state index in [-0.39, 0.29) is 0 Å². The molecule has 1 rings (SSSR count). The third kappa shape index (κ3) is 6.60. The molecule has 1 atom stereocenters. The van der Waals surface area contributed by atoms with Crippen LogP contribution in [0.3, 0.4) is 0 Å². The van der Waals surface area contributed by atoms with E-state index in [0.717, 1.165) is 31.5 Å². The van der Waals surface area contributed by atoms with Gasteiger partial charge in [-0.3, -0.25) is 4.99 Å². The molecule has 1 fully saturated rings. The van der Waals surface area contributed by atoms with Crippen molar-refractivity contribution in [3.8, 4) is 0 Å². The second-order valence-electron chi connectivity index (χ2n) is 6.46. The third-order valence-corrected chi connectivity index (χ3v) is 4.27. The summed E-state index contributed by atoms with van der Waals surface area (Å²) in [4.78, 5) is 7.24. The Morgan fingerprint density at radius 3 is 2.45 bits per heavy atom. The minimum absolute atomic E-state index is 0.448. The highest BCUT2D eigenvalue weighted by molar-refractivity contribution is 5.80. The van der Waals surface area contributed by atoms with E-state index >= 15 is 0 Å². The van der Waals surface area contributed by atoms with Crippen molar-refractivity contribution in [3.63, 3.8) is 0 Å². The zero-order valence-electron chi connectivity index (χ0n) is 14.1. The minimum Gasteiger partial charge on any atom is -0.357 e. The summed E-state index contributed by atoms with van der Waals surface area (Å²) in [7, 11) is 0. The fourth-order valence-electron chi connectivity index (χ4n) is 2.29. The monoisotopic (exact) mass is 282 g/mol. The number of rotatable bonds is 6. The summed E-state index contributed by atoms with van der Waals surface area (Å²) in [6.07, 6.45) is 2.68. The Hall–Kier alpha value is -0.770. The topological polar surface area (TPSA) is 39.7 Å². The first-order valence-electron chi connectivity index (χ1n) is 8.30. The van der Waals surface area contributed by atoms with Crippen LogP contribution in [0, 0.1) is 11.8 Å². The van der Waals surface area contributed by atoms with Crippen molar-refractivity contribution in [2.45, 2.75) is 53.5 Å². The van der Waals surface area contributed by atoms with Crippen molar-refractivity contribution in [2.75, 3.05) is 32.7 Å². The Morgan fingerprint density at radius 1 is 1.25 bits per heavy atom. The molecule has 0 radical (unpaired) electrons. The van der Waals surface area contributed by atoms with E-state index < -0.39 is 0 Å². The standard InChI is InChI=1S/C16H34N4/c1-6-17-16(19-15(5)13(2)3)18-9-12-20-10-7-14(4)8-11-20/h13-15H,6-12H2,1-5H3,(H2,17,18,19). The lowest BCUT2D eigenvalue weighted by Crippen LogP contribution is -2.44. The molecule has 0 spiro atoms. The molecule has 4 heteroatoms. The first kappa shape index (κ1) is 17.3. The van der Waals surface area contributed by atoms with Gasteiger partial charge in [0.05, 0.1) is 6.54 Å². The number of aliphatic imine (C=N–C) groups is 1. The van der Waals surface area contributed by atoms with Crippen LogP contribution >= 0.6 is 0 Å². The first-order chi connectivity index (χ1) is 9.52. The van der Waals surface area contributed by atoms with Gasteiger partial charge in [-0.1, -0.05) is 20.8 Å². The lowest BCUT2D eigenvalue weighted by molar-refractivity contribution is 0.197. The molecule has 1 saturated heterocycles. The predicted molar refractivity (Wildman–Crippen MR) is 88.3 cm³/mol. The predicted octanol–water partition coefficient (Wildman–Crippen LogP) is 2.32. The van der Waals surface area contributed by atoms with E-state index in [1.807, 2.05) is 0 Å². The molecule has 0 saturated carbocycles. The second kappa shape index (κ2) is 9.22. The van der Waals surface area contributed by atoms with Gasteiger partial charge in [0.15, 0.2) is 5.96 Å². The molecule has 0 bridgehead atoms. The number of hydrogen-bond donors (Lipinski definition) is 2. The number of nitrogens with zero attached hydrogens (tertiary/aromatic N) is 2. The van der Waals surface area contributed by atoms with Crippen molar-refractivity contribution in [2.24, 2.45) is 16.8 Å². The van der Waals surface area contributed by atoms with Gasteiger partial charge in [-0.2, -0.15) is 0 Å². The summed E-state index contributed by atoms with van der Waals surface area (Å²) in [5.74, 6) is 2.47. The normalized spacial score (nSPS) is 20.2. The SMILES string of the molecule is CCNC(=NCCN1CCC(C)CC1)NC(C)C(C)C. The zero-order valence-corrected chi connectivity index (χ0v) is 14.1. The molecule has 0 aliphatic carbocycles. The molecule has 20 heavy (non-hydrogen) atoms. The number of guanidine groups is 1. The lowest BCUT2D eigenvalue weighted by Gasteiger charge is -2.29. The van der Waals surface area contributed by atoms with Crippen LogP contribution in [0.5, 0.6) is 0 Å². The third-order valence-electron chi connectivity index (χ3n) is 4.27. The lowest BCUT2D eigenvalue weighted by atomic mass is 9.99. The minimum atomic E-state index is 0.448. The van der Waals surface area contributed by atoms with Gasteiger partial charge < -0.3 is 15.5 Å². The van der Waals surface area contributed by atoms with Crippen molar-refractivity contribution >= 4 is 5.96 Å². The van der Waals surface area contributed by atoms with Crippen LogP contribution in [-0.2, 0) is 0 Å². The average molecular weight is 282 g/mol.